The number of esters is 1. The summed E-state index contributed by atoms with van der Waals surface area (Å²) in [5.74, 6) is -0.356. The number of ether oxygens (including phenoxy) is 1. The van der Waals surface area contributed by atoms with Crippen molar-refractivity contribution in [3.63, 3.8) is 0 Å². The zero-order chi connectivity index (χ0) is 22.3. The average Bonchev–Trinajstić information content (AvgIpc) is 3.42. The van der Waals surface area contributed by atoms with Crippen LogP contribution in [0, 0.1) is 16.7 Å². The van der Waals surface area contributed by atoms with Gasteiger partial charge in [0.25, 0.3) is 5.91 Å². The summed E-state index contributed by atoms with van der Waals surface area (Å²) in [4.78, 5) is 29.2. The van der Waals surface area contributed by atoms with Gasteiger partial charge in [0, 0.05) is 12.5 Å². The van der Waals surface area contributed by atoms with E-state index in [0.717, 1.165) is 18.4 Å². The number of likely N-dealkylation sites (tertiary alicyclic amines) is 1. The lowest BCUT2D eigenvalue weighted by Gasteiger charge is -2.47. The molecule has 3 rings (SSSR count). The maximum absolute atomic E-state index is 14.2. The summed E-state index contributed by atoms with van der Waals surface area (Å²) in [5.41, 5.74) is -0.983. The molecule has 0 radical (unpaired) electrons. The monoisotopic (exact) mass is 431 g/mol. The van der Waals surface area contributed by atoms with Gasteiger partial charge in [-0.15, -0.1) is 0 Å². The van der Waals surface area contributed by atoms with Crippen molar-refractivity contribution in [3.8, 4) is 0 Å². The maximum atomic E-state index is 14.2. The molecule has 1 saturated carbocycles. The van der Waals surface area contributed by atoms with Crippen LogP contribution in [0.1, 0.15) is 59.1 Å². The van der Waals surface area contributed by atoms with Crippen LogP contribution in [0.15, 0.2) is 30.3 Å². The Morgan fingerprint density at radius 3 is 2.30 bits per heavy atom. The van der Waals surface area contributed by atoms with Gasteiger partial charge >= 0.3 is 5.97 Å². The fraction of sp³-hybridized carbons (Fsp3) is 0.667. The predicted molar refractivity (Wildman–Crippen MR) is 121 cm³/mol. The van der Waals surface area contributed by atoms with Gasteiger partial charge in [0.15, 0.2) is 9.04 Å². The van der Waals surface area contributed by atoms with Crippen molar-refractivity contribution in [1.29, 1.82) is 0 Å². The molecule has 5 nitrogen and oxygen atoms in total. The van der Waals surface area contributed by atoms with Crippen molar-refractivity contribution in [2.75, 3.05) is 13.2 Å². The van der Waals surface area contributed by atoms with E-state index in [0.29, 0.717) is 13.2 Å². The maximum Gasteiger partial charge on any atom is 0.312 e. The quantitative estimate of drug-likeness (QED) is 0.476. The smallest absolute Gasteiger partial charge is 0.312 e. The third kappa shape index (κ3) is 3.62. The molecule has 0 bridgehead atoms. The molecule has 0 spiro atoms. The van der Waals surface area contributed by atoms with Gasteiger partial charge in [-0.1, -0.05) is 51.1 Å². The fourth-order valence-corrected chi connectivity index (χ4v) is 6.57. The third-order valence-electron chi connectivity index (χ3n) is 6.87. The summed E-state index contributed by atoms with van der Waals surface area (Å²) in [6, 6.07) is 10.0. The van der Waals surface area contributed by atoms with Crippen LogP contribution >= 0.6 is 0 Å². The summed E-state index contributed by atoms with van der Waals surface area (Å²) in [5, 5.41) is 0. The summed E-state index contributed by atoms with van der Waals surface area (Å²) in [6.45, 7) is 15.2. The molecule has 1 aromatic rings. The SMILES string of the molecule is CCOC(=O)C1([C@H]2CN([C@@H](C)c3ccccc3)C(=O)[C@]2(O[SiH](C)C)C(C)(C)C)CC1. The number of hydrogen-bond acceptors (Lipinski definition) is 4. The van der Waals surface area contributed by atoms with E-state index in [1.54, 1.807) is 0 Å². The van der Waals surface area contributed by atoms with Crippen molar-refractivity contribution < 1.29 is 18.8 Å². The molecule has 3 atom stereocenters. The van der Waals surface area contributed by atoms with Gasteiger partial charge in [0.05, 0.1) is 18.1 Å². The van der Waals surface area contributed by atoms with Gasteiger partial charge in [-0.05, 0) is 50.8 Å². The van der Waals surface area contributed by atoms with Crippen molar-refractivity contribution >= 4 is 20.9 Å². The van der Waals surface area contributed by atoms with Crippen molar-refractivity contribution in [2.24, 2.45) is 16.7 Å². The Balaban J connectivity index is 2.10. The van der Waals surface area contributed by atoms with Crippen LogP contribution in [0.2, 0.25) is 13.1 Å². The molecular formula is C24H37NO4Si. The van der Waals surface area contributed by atoms with Gasteiger partial charge in [-0.2, -0.15) is 0 Å². The van der Waals surface area contributed by atoms with E-state index in [9.17, 15) is 9.59 Å². The first-order valence-electron chi connectivity index (χ1n) is 11.2. The minimum Gasteiger partial charge on any atom is -0.466 e. The molecular weight excluding hydrogens is 394 g/mol. The van der Waals surface area contributed by atoms with E-state index in [1.807, 2.05) is 30.0 Å². The number of benzene rings is 1. The van der Waals surface area contributed by atoms with E-state index in [-0.39, 0.29) is 23.8 Å². The molecule has 2 aliphatic rings. The second-order valence-corrected chi connectivity index (χ2v) is 12.5. The number of nitrogens with zero attached hydrogens (tertiary/aromatic N) is 1. The van der Waals surface area contributed by atoms with E-state index >= 15 is 0 Å². The lowest BCUT2D eigenvalue weighted by Crippen LogP contribution is -2.60. The van der Waals surface area contributed by atoms with Gasteiger partial charge in [0.2, 0.25) is 0 Å². The number of hydrogen-bond donors (Lipinski definition) is 0. The van der Waals surface area contributed by atoms with Gasteiger partial charge < -0.3 is 14.1 Å². The zero-order valence-electron chi connectivity index (χ0n) is 19.5. The molecule has 1 aliphatic carbocycles. The topological polar surface area (TPSA) is 55.8 Å². The molecule has 30 heavy (non-hydrogen) atoms. The minimum atomic E-state index is -1.59. The molecule has 1 saturated heterocycles. The summed E-state index contributed by atoms with van der Waals surface area (Å²) < 4.78 is 12.2. The van der Waals surface area contributed by atoms with E-state index in [4.69, 9.17) is 9.16 Å². The molecule has 1 aromatic carbocycles. The van der Waals surface area contributed by atoms with Crippen molar-refractivity contribution in [2.45, 2.75) is 72.2 Å². The third-order valence-corrected chi connectivity index (χ3v) is 7.71. The van der Waals surface area contributed by atoms with Crippen LogP contribution in [0.5, 0.6) is 0 Å². The van der Waals surface area contributed by atoms with E-state index in [2.05, 4.69) is 52.9 Å². The summed E-state index contributed by atoms with van der Waals surface area (Å²) in [7, 11) is -1.59. The first-order chi connectivity index (χ1) is 14.0. The van der Waals surface area contributed by atoms with E-state index in [1.165, 1.54) is 0 Å². The fourth-order valence-electron chi connectivity index (χ4n) is 5.21. The second-order valence-electron chi connectivity index (χ2n) is 10.1. The van der Waals surface area contributed by atoms with Crippen LogP contribution in [0.4, 0.5) is 0 Å². The molecule has 166 valence electrons. The van der Waals surface area contributed by atoms with Crippen LogP contribution in [-0.4, -0.2) is 44.6 Å². The first kappa shape index (κ1) is 23.0. The lowest BCUT2D eigenvalue weighted by molar-refractivity contribution is -0.166. The van der Waals surface area contributed by atoms with Crippen LogP contribution in [0.25, 0.3) is 0 Å². The number of amides is 1. The highest BCUT2D eigenvalue weighted by atomic mass is 28.3. The minimum absolute atomic E-state index is 0.0214. The largest absolute Gasteiger partial charge is 0.466 e. The Morgan fingerprint density at radius 1 is 1.23 bits per heavy atom. The second kappa shape index (κ2) is 8.12. The zero-order valence-corrected chi connectivity index (χ0v) is 20.7. The molecule has 1 amide bonds. The van der Waals surface area contributed by atoms with Crippen LogP contribution in [0.3, 0.4) is 0 Å². The normalized spacial score (nSPS) is 26.7. The molecule has 1 heterocycles. The number of rotatable bonds is 7. The number of carbonyl (C=O) groups is 2. The van der Waals surface area contributed by atoms with Gasteiger partial charge in [0.1, 0.15) is 5.60 Å². The summed E-state index contributed by atoms with van der Waals surface area (Å²) in [6.07, 6.45) is 1.52. The molecule has 2 fully saturated rings. The Hall–Kier alpha value is -1.66. The number of carbonyl (C=O) groups excluding carboxylic acids is 2. The Kier molecular flexibility index (Phi) is 6.22. The molecule has 1 aliphatic heterocycles. The summed E-state index contributed by atoms with van der Waals surface area (Å²) >= 11 is 0. The Labute approximate surface area is 182 Å². The predicted octanol–water partition coefficient (Wildman–Crippen LogP) is 4.33. The molecule has 6 heteroatoms. The first-order valence-corrected chi connectivity index (χ1v) is 14.0. The lowest BCUT2D eigenvalue weighted by atomic mass is 9.65. The Bertz CT molecular complexity index is 784. The highest BCUT2D eigenvalue weighted by Crippen LogP contribution is 2.63. The highest BCUT2D eigenvalue weighted by Gasteiger charge is 2.73. The highest BCUT2D eigenvalue weighted by molar-refractivity contribution is 6.48. The standard InChI is InChI=1S/C24H37NO4Si/c1-8-28-21(27)23(14-15-23)19-16-25(17(2)18-12-10-9-11-13-18)20(26)24(19,22(3,4)5)29-30(6)7/h9-13,17,19,30H,8,14-16H2,1-7H3/t17-,19+,24-/m0/s1. The molecule has 0 aromatic heterocycles. The Morgan fingerprint density at radius 2 is 1.83 bits per heavy atom. The van der Waals surface area contributed by atoms with Gasteiger partial charge in [-0.3, -0.25) is 9.59 Å². The van der Waals surface area contributed by atoms with Crippen molar-refractivity contribution in [1.82, 2.24) is 4.90 Å². The van der Waals surface area contributed by atoms with Crippen LogP contribution in [-0.2, 0) is 18.8 Å². The van der Waals surface area contributed by atoms with Gasteiger partial charge in [-0.25, -0.2) is 0 Å². The van der Waals surface area contributed by atoms with Crippen molar-refractivity contribution in [3.05, 3.63) is 35.9 Å². The van der Waals surface area contributed by atoms with Crippen LogP contribution < -0.4 is 0 Å². The van der Waals surface area contributed by atoms with E-state index < -0.39 is 25.5 Å². The molecule has 0 N–H and O–H groups in total. The molecule has 0 unspecified atom stereocenters. The average molecular weight is 432 g/mol.